The third-order valence-electron chi connectivity index (χ3n) is 2.98. The van der Waals surface area contributed by atoms with Crippen molar-refractivity contribution in [1.29, 1.82) is 0 Å². The molecule has 1 amide bonds. The van der Waals surface area contributed by atoms with Crippen LogP contribution in [0.5, 0.6) is 11.5 Å². The molecular formula is C19H31NO5. The van der Waals surface area contributed by atoms with Gasteiger partial charge in [-0.3, -0.25) is 0 Å². The minimum absolute atomic E-state index is 0.350. The summed E-state index contributed by atoms with van der Waals surface area (Å²) in [6, 6.07) is 7.40. The molecule has 1 aromatic carbocycles. The van der Waals surface area contributed by atoms with Gasteiger partial charge in [-0.15, -0.1) is 0 Å². The lowest BCUT2D eigenvalue weighted by molar-refractivity contribution is 0.0520. The highest BCUT2D eigenvalue weighted by Gasteiger charge is 2.15. The summed E-state index contributed by atoms with van der Waals surface area (Å²) in [6.45, 7) is 10.2. The highest BCUT2D eigenvalue weighted by molar-refractivity contribution is 5.67. The second-order valence-corrected chi connectivity index (χ2v) is 6.57. The molecule has 0 aliphatic heterocycles. The van der Waals surface area contributed by atoms with Crippen molar-refractivity contribution >= 4 is 6.09 Å². The Morgan fingerprint density at radius 1 is 1.04 bits per heavy atom. The molecule has 0 fully saturated rings. The van der Waals surface area contributed by atoms with Crippen LogP contribution in [0.15, 0.2) is 24.3 Å². The molecule has 0 heterocycles. The van der Waals surface area contributed by atoms with E-state index in [1.165, 1.54) is 0 Å². The van der Waals surface area contributed by atoms with E-state index in [1.54, 1.807) is 0 Å². The van der Waals surface area contributed by atoms with Crippen molar-refractivity contribution in [3.05, 3.63) is 24.3 Å². The fourth-order valence-corrected chi connectivity index (χ4v) is 1.86. The average Bonchev–Trinajstić information content (AvgIpc) is 2.54. The number of amides is 1. The zero-order chi connectivity index (χ0) is 18.5. The van der Waals surface area contributed by atoms with Crippen LogP contribution in [0, 0.1) is 0 Å². The number of ether oxygens (including phenoxy) is 4. The Balaban J connectivity index is 2.21. The Bertz CT molecular complexity index is 499. The van der Waals surface area contributed by atoms with E-state index >= 15 is 0 Å². The zero-order valence-electron chi connectivity index (χ0n) is 15.8. The first-order chi connectivity index (χ1) is 11.9. The number of carbonyl (C=O) groups is 1. The normalized spacial score (nSPS) is 11.0. The molecule has 0 saturated heterocycles. The van der Waals surface area contributed by atoms with E-state index in [2.05, 4.69) is 12.2 Å². The molecule has 0 aliphatic rings. The molecular weight excluding hydrogens is 322 g/mol. The fraction of sp³-hybridized carbons (Fsp3) is 0.632. The van der Waals surface area contributed by atoms with Crippen LogP contribution in [0.2, 0.25) is 0 Å². The van der Waals surface area contributed by atoms with Gasteiger partial charge in [0.05, 0.1) is 13.2 Å². The molecule has 0 aliphatic carbocycles. The van der Waals surface area contributed by atoms with Crippen molar-refractivity contribution in [3.8, 4) is 11.5 Å². The molecule has 0 unspecified atom stereocenters. The number of unbranched alkanes of at least 4 members (excludes halogenated alkanes) is 1. The van der Waals surface area contributed by atoms with Crippen LogP contribution in [0.25, 0.3) is 0 Å². The zero-order valence-corrected chi connectivity index (χ0v) is 15.8. The van der Waals surface area contributed by atoms with E-state index in [-0.39, 0.29) is 0 Å². The lowest BCUT2D eigenvalue weighted by atomic mass is 10.2. The molecule has 0 spiro atoms. The van der Waals surface area contributed by atoms with E-state index < -0.39 is 11.7 Å². The molecule has 0 atom stereocenters. The van der Waals surface area contributed by atoms with Gasteiger partial charge in [0.2, 0.25) is 0 Å². The summed E-state index contributed by atoms with van der Waals surface area (Å²) in [6.07, 6.45) is 1.75. The summed E-state index contributed by atoms with van der Waals surface area (Å²) in [5.74, 6) is 1.42. The minimum atomic E-state index is -0.503. The van der Waals surface area contributed by atoms with Gasteiger partial charge in [0, 0.05) is 12.7 Å². The quantitative estimate of drug-likeness (QED) is 0.613. The molecule has 142 valence electrons. The Morgan fingerprint density at radius 3 is 2.36 bits per heavy atom. The van der Waals surface area contributed by atoms with Gasteiger partial charge in [-0.1, -0.05) is 19.4 Å². The van der Waals surface area contributed by atoms with Gasteiger partial charge in [-0.05, 0) is 39.3 Å². The number of alkyl carbamates (subject to hydrolysis) is 1. The SMILES string of the molecule is CCCCOCCOc1cccc(OCCNC(=O)OC(C)(C)C)c1. The lowest BCUT2D eigenvalue weighted by Gasteiger charge is -2.19. The molecule has 0 saturated carbocycles. The maximum absolute atomic E-state index is 11.5. The first-order valence-corrected chi connectivity index (χ1v) is 8.81. The molecule has 1 rings (SSSR count). The first kappa shape index (κ1) is 21.1. The van der Waals surface area contributed by atoms with Gasteiger partial charge in [0.15, 0.2) is 0 Å². The van der Waals surface area contributed by atoms with Crippen molar-refractivity contribution in [2.75, 3.05) is 33.0 Å². The van der Waals surface area contributed by atoms with E-state index in [0.29, 0.717) is 32.1 Å². The summed E-state index contributed by atoms with van der Waals surface area (Å²) >= 11 is 0. The van der Waals surface area contributed by atoms with Crippen molar-refractivity contribution in [3.63, 3.8) is 0 Å². The van der Waals surface area contributed by atoms with E-state index in [9.17, 15) is 4.79 Å². The number of carbonyl (C=O) groups excluding carboxylic acids is 1. The van der Waals surface area contributed by atoms with Crippen molar-refractivity contribution < 1.29 is 23.7 Å². The third-order valence-corrected chi connectivity index (χ3v) is 2.98. The van der Waals surface area contributed by atoms with Crippen molar-refractivity contribution in [1.82, 2.24) is 5.32 Å². The summed E-state index contributed by atoms with van der Waals surface area (Å²) in [5, 5.41) is 2.65. The lowest BCUT2D eigenvalue weighted by Crippen LogP contribution is -2.34. The van der Waals surface area contributed by atoms with Crippen molar-refractivity contribution in [2.45, 2.75) is 46.1 Å². The van der Waals surface area contributed by atoms with Crippen LogP contribution in [0.1, 0.15) is 40.5 Å². The van der Waals surface area contributed by atoms with Gasteiger partial charge < -0.3 is 24.3 Å². The largest absolute Gasteiger partial charge is 0.492 e. The van der Waals surface area contributed by atoms with Crippen LogP contribution in [-0.4, -0.2) is 44.7 Å². The molecule has 1 N–H and O–H groups in total. The van der Waals surface area contributed by atoms with Crippen molar-refractivity contribution in [2.24, 2.45) is 0 Å². The summed E-state index contributed by atoms with van der Waals surface area (Å²) in [4.78, 5) is 11.5. The maximum atomic E-state index is 11.5. The second-order valence-electron chi connectivity index (χ2n) is 6.57. The average molecular weight is 353 g/mol. The third kappa shape index (κ3) is 11.3. The molecule has 6 nitrogen and oxygen atoms in total. The standard InChI is InChI=1S/C19H31NO5/c1-5-6-11-22-13-14-24-17-9-7-8-16(15-17)23-12-10-20-18(21)25-19(2,3)4/h7-9,15H,5-6,10-14H2,1-4H3,(H,20,21). The minimum Gasteiger partial charge on any atom is -0.492 e. The number of hydrogen-bond donors (Lipinski definition) is 1. The molecule has 25 heavy (non-hydrogen) atoms. The smallest absolute Gasteiger partial charge is 0.407 e. The molecule has 0 bridgehead atoms. The Morgan fingerprint density at radius 2 is 1.72 bits per heavy atom. The molecule has 1 aromatic rings. The number of hydrogen-bond acceptors (Lipinski definition) is 5. The summed E-state index contributed by atoms with van der Waals surface area (Å²) in [7, 11) is 0. The van der Waals surface area contributed by atoms with Crippen LogP contribution in [0.3, 0.4) is 0 Å². The molecule has 6 heteroatoms. The van der Waals surface area contributed by atoms with Crippen LogP contribution in [0.4, 0.5) is 4.79 Å². The first-order valence-electron chi connectivity index (χ1n) is 8.81. The highest BCUT2D eigenvalue weighted by atomic mass is 16.6. The molecule has 0 radical (unpaired) electrons. The monoisotopic (exact) mass is 353 g/mol. The summed E-state index contributed by atoms with van der Waals surface area (Å²) < 4.78 is 21.8. The highest BCUT2D eigenvalue weighted by Crippen LogP contribution is 2.19. The number of nitrogens with one attached hydrogen (secondary N) is 1. The van der Waals surface area contributed by atoms with Gasteiger partial charge in [-0.2, -0.15) is 0 Å². The topological polar surface area (TPSA) is 66.0 Å². The number of benzene rings is 1. The van der Waals surface area contributed by atoms with Gasteiger partial charge >= 0.3 is 6.09 Å². The van der Waals surface area contributed by atoms with Gasteiger partial charge in [0.25, 0.3) is 0 Å². The van der Waals surface area contributed by atoms with E-state index in [0.717, 1.165) is 25.2 Å². The fourth-order valence-electron chi connectivity index (χ4n) is 1.86. The Hall–Kier alpha value is -1.95. The van der Waals surface area contributed by atoms with E-state index in [4.69, 9.17) is 18.9 Å². The van der Waals surface area contributed by atoms with Crippen LogP contribution < -0.4 is 14.8 Å². The Kier molecular flexibility index (Phi) is 9.77. The summed E-state index contributed by atoms with van der Waals surface area (Å²) in [5.41, 5.74) is -0.503. The van der Waals surface area contributed by atoms with Gasteiger partial charge in [-0.25, -0.2) is 4.79 Å². The Labute approximate surface area is 150 Å². The number of rotatable bonds is 11. The molecule has 0 aromatic heterocycles. The van der Waals surface area contributed by atoms with Crippen LogP contribution in [-0.2, 0) is 9.47 Å². The predicted octanol–water partition coefficient (Wildman–Crippen LogP) is 3.79. The maximum Gasteiger partial charge on any atom is 0.407 e. The second kappa shape index (κ2) is 11.6. The van der Waals surface area contributed by atoms with E-state index in [1.807, 2.05) is 45.0 Å². The van der Waals surface area contributed by atoms with Crippen LogP contribution >= 0.6 is 0 Å². The van der Waals surface area contributed by atoms with Gasteiger partial charge in [0.1, 0.15) is 30.3 Å². The predicted molar refractivity (Wildman–Crippen MR) is 97.4 cm³/mol.